The summed E-state index contributed by atoms with van der Waals surface area (Å²) < 4.78 is 0. The van der Waals surface area contributed by atoms with Crippen LogP contribution < -0.4 is 5.32 Å². The van der Waals surface area contributed by atoms with E-state index in [2.05, 4.69) is 35.4 Å². The van der Waals surface area contributed by atoms with Gasteiger partial charge < -0.3 is 10.7 Å². The molecule has 132 valence electrons. The third kappa shape index (κ3) is 3.80. The molecule has 0 unspecified atom stereocenters. The summed E-state index contributed by atoms with van der Waals surface area (Å²) in [4.78, 5) is 15.8. The van der Waals surface area contributed by atoms with Crippen molar-refractivity contribution in [1.29, 1.82) is 5.41 Å². The van der Waals surface area contributed by atoms with Crippen LogP contribution in [0, 0.1) is 12.3 Å². The Morgan fingerprint density at radius 3 is 2.42 bits per heavy atom. The Bertz CT molecular complexity index is 975. The number of nitrogens with zero attached hydrogens (tertiary/aromatic N) is 1. The molecule has 0 aliphatic carbocycles. The van der Waals surface area contributed by atoms with Crippen LogP contribution in [0.1, 0.15) is 37.9 Å². The van der Waals surface area contributed by atoms with Crippen molar-refractivity contribution in [3.63, 3.8) is 0 Å². The molecule has 0 saturated carbocycles. The molecule has 0 radical (unpaired) electrons. The lowest BCUT2D eigenvalue weighted by Gasteiger charge is -2.11. The van der Waals surface area contributed by atoms with Crippen molar-refractivity contribution < 1.29 is 4.79 Å². The minimum Gasteiger partial charge on any atom is -0.326 e. The third-order valence-corrected chi connectivity index (χ3v) is 4.30. The molecule has 1 aromatic heterocycles. The molecule has 2 aromatic carbocycles. The van der Waals surface area contributed by atoms with Gasteiger partial charge in [0.15, 0.2) is 0 Å². The molecule has 4 heteroatoms. The maximum Gasteiger partial charge on any atom is 0.221 e. The van der Waals surface area contributed by atoms with E-state index in [1.807, 2.05) is 37.3 Å². The molecule has 0 aliphatic rings. The number of hydrogen-bond acceptors (Lipinski definition) is 3. The lowest BCUT2D eigenvalue weighted by Crippen LogP contribution is -2.05. The Morgan fingerprint density at radius 1 is 1.08 bits per heavy atom. The van der Waals surface area contributed by atoms with Crippen LogP contribution in [-0.4, -0.2) is 16.6 Å². The molecule has 1 amide bonds. The second kappa shape index (κ2) is 7.48. The predicted molar refractivity (Wildman–Crippen MR) is 108 cm³/mol. The topological polar surface area (TPSA) is 65.8 Å². The van der Waals surface area contributed by atoms with Gasteiger partial charge in [0.2, 0.25) is 5.91 Å². The van der Waals surface area contributed by atoms with Crippen molar-refractivity contribution in [3.05, 3.63) is 59.8 Å². The molecule has 3 aromatic rings. The van der Waals surface area contributed by atoms with Crippen LogP contribution in [0.25, 0.3) is 22.0 Å². The zero-order chi connectivity index (χ0) is 18.7. The van der Waals surface area contributed by atoms with Gasteiger partial charge in [-0.05, 0) is 48.7 Å². The Kier molecular flexibility index (Phi) is 5.12. The maximum atomic E-state index is 11.1. The number of rotatable bonds is 5. The first-order valence-electron chi connectivity index (χ1n) is 8.85. The van der Waals surface area contributed by atoms with Crippen LogP contribution in [0.3, 0.4) is 0 Å². The van der Waals surface area contributed by atoms with E-state index >= 15 is 0 Å². The van der Waals surface area contributed by atoms with Gasteiger partial charge in [0.05, 0.1) is 5.52 Å². The van der Waals surface area contributed by atoms with Crippen molar-refractivity contribution in [2.24, 2.45) is 0 Å². The summed E-state index contributed by atoms with van der Waals surface area (Å²) in [5.41, 5.74) is 6.38. The van der Waals surface area contributed by atoms with E-state index in [1.165, 1.54) is 6.92 Å². The summed E-state index contributed by atoms with van der Waals surface area (Å²) in [6.07, 6.45) is 1.73. The highest BCUT2D eigenvalue weighted by atomic mass is 16.1. The average Bonchev–Trinajstić information content (AvgIpc) is 2.60. The first-order valence-corrected chi connectivity index (χ1v) is 8.85. The minimum atomic E-state index is -0.0785. The summed E-state index contributed by atoms with van der Waals surface area (Å²) >= 11 is 0. The Labute approximate surface area is 153 Å². The average molecular weight is 345 g/mol. The molecular formula is C22H23N3O. The van der Waals surface area contributed by atoms with Crippen molar-refractivity contribution >= 4 is 28.2 Å². The van der Waals surface area contributed by atoms with Gasteiger partial charge in [-0.15, -0.1) is 0 Å². The lowest BCUT2D eigenvalue weighted by molar-refractivity contribution is -0.114. The van der Waals surface area contributed by atoms with Crippen LogP contribution in [-0.2, 0) is 4.79 Å². The quantitative estimate of drug-likeness (QED) is 0.613. The number of carbonyl (C=O) groups is 1. The fraction of sp³-hybridized carbons (Fsp3) is 0.227. The number of amides is 1. The second-order valence-electron chi connectivity index (χ2n) is 6.53. The highest BCUT2D eigenvalue weighted by Gasteiger charge is 2.10. The molecule has 0 aliphatic heterocycles. The van der Waals surface area contributed by atoms with E-state index in [-0.39, 0.29) is 5.91 Å². The third-order valence-electron chi connectivity index (χ3n) is 4.30. The summed E-state index contributed by atoms with van der Waals surface area (Å²) in [5.74, 6) is -0.0785. The fourth-order valence-electron chi connectivity index (χ4n) is 3.12. The highest BCUT2D eigenvalue weighted by molar-refractivity contribution is 6.09. The number of anilines is 1. The molecule has 0 fully saturated rings. The fourth-order valence-corrected chi connectivity index (χ4v) is 3.12. The zero-order valence-corrected chi connectivity index (χ0v) is 15.4. The molecule has 1 heterocycles. The van der Waals surface area contributed by atoms with Gasteiger partial charge in [-0.3, -0.25) is 9.78 Å². The van der Waals surface area contributed by atoms with Gasteiger partial charge in [-0.1, -0.05) is 37.6 Å². The Hall–Kier alpha value is -3.01. The molecule has 3 rings (SSSR count). The number of aryl methyl sites for hydroxylation is 1. The van der Waals surface area contributed by atoms with Gasteiger partial charge in [-0.25, -0.2) is 0 Å². The summed E-state index contributed by atoms with van der Waals surface area (Å²) in [5, 5.41) is 12.1. The Morgan fingerprint density at radius 2 is 1.77 bits per heavy atom. The maximum absolute atomic E-state index is 11.1. The van der Waals surface area contributed by atoms with Crippen molar-refractivity contribution in [2.75, 3.05) is 5.32 Å². The van der Waals surface area contributed by atoms with Crippen molar-refractivity contribution in [2.45, 2.75) is 33.6 Å². The van der Waals surface area contributed by atoms with E-state index in [1.54, 1.807) is 0 Å². The van der Waals surface area contributed by atoms with Gasteiger partial charge in [-0.2, -0.15) is 0 Å². The minimum absolute atomic E-state index is 0.0785. The second-order valence-corrected chi connectivity index (χ2v) is 6.53. The van der Waals surface area contributed by atoms with Gasteiger partial charge in [0.25, 0.3) is 0 Å². The first kappa shape index (κ1) is 17.8. The van der Waals surface area contributed by atoms with E-state index in [0.717, 1.165) is 51.8 Å². The molecule has 0 bridgehead atoms. The van der Waals surface area contributed by atoms with Gasteiger partial charge in [0.1, 0.15) is 0 Å². The number of hydrogen-bond donors (Lipinski definition) is 2. The zero-order valence-electron chi connectivity index (χ0n) is 15.4. The predicted octanol–water partition coefficient (Wildman–Crippen LogP) is 5.34. The van der Waals surface area contributed by atoms with Crippen LogP contribution in [0.5, 0.6) is 0 Å². The van der Waals surface area contributed by atoms with E-state index < -0.39 is 0 Å². The number of carbonyl (C=O) groups excluding carboxylic acids is 1. The number of pyridine rings is 1. The highest BCUT2D eigenvalue weighted by Crippen LogP contribution is 2.27. The molecular weight excluding hydrogens is 322 g/mol. The van der Waals surface area contributed by atoms with Crippen LogP contribution >= 0.6 is 0 Å². The standard InChI is InChI=1S/C22H23N3O/c1-4-5-21(23)20-12-14(2)24-22-13-17(8-11-19(20)22)16-6-9-18(10-7-16)25-15(3)26/h6-13,23H,4-5H2,1-3H3,(H,25,26). The van der Waals surface area contributed by atoms with Gasteiger partial charge >= 0.3 is 0 Å². The largest absolute Gasteiger partial charge is 0.326 e. The van der Waals surface area contributed by atoms with Crippen LogP contribution in [0.2, 0.25) is 0 Å². The Balaban J connectivity index is 2.01. The summed E-state index contributed by atoms with van der Waals surface area (Å²) in [6, 6.07) is 16.0. The van der Waals surface area contributed by atoms with Crippen LogP contribution in [0.4, 0.5) is 5.69 Å². The number of benzene rings is 2. The number of nitrogens with one attached hydrogen (secondary N) is 2. The summed E-state index contributed by atoms with van der Waals surface area (Å²) in [7, 11) is 0. The summed E-state index contributed by atoms with van der Waals surface area (Å²) in [6.45, 7) is 5.56. The number of fused-ring (bicyclic) bond motifs is 1. The van der Waals surface area contributed by atoms with Crippen molar-refractivity contribution in [3.8, 4) is 11.1 Å². The van der Waals surface area contributed by atoms with Crippen molar-refractivity contribution in [1.82, 2.24) is 4.98 Å². The molecule has 26 heavy (non-hydrogen) atoms. The van der Waals surface area contributed by atoms with Gasteiger partial charge in [0, 0.05) is 35.0 Å². The SMILES string of the molecule is CCCC(=N)c1cc(C)nc2cc(-c3ccc(NC(C)=O)cc3)ccc12. The van der Waals surface area contributed by atoms with E-state index in [0.29, 0.717) is 5.71 Å². The van der Waals surface area contributed by atoms with E-state index in [4.69, 9.17) is 5.41 Å². The monoisotopic (exact) mass is 345 g/mol. The van der Waals surface area contributed by atoms with Crippen LogP contribution in [0.15, 0.2) is 48.5 Å². The normalized spacial score (nSPS) is 10.7. The van der Waals surface area contributed by atoms with E-state index in [9.17, 15) is 4.79 Å². The molecule has 0 saturated heterocycles. The first-order chi connectivity index (χ1) is 12.5. The lowest BCUT2D eigenvalue weighted by atomic mass is 9.97. The molecule has 4 nitrogen and oxygen atoms in total. The molecule has 0 atom stereocenters. The smallest absolute Gasteiger partial charge is 0.221 e. The number of aromatic nitrogens is 1. The molecule has 0 spiro atoms. The molecule has 2 N–H and O–H groups in total.